The molecular weight excluding hydrogens is 410 g/mol. The highest BCUT2D eigenvalue weighted by Crippen LogP contribution is 2.24. The van der Waals surface area contributed by atoms with E-state index in [0.29, 0.717) is 32.7 Å². The van der Waals surface area contributed by atoms with Crippen LogP contribution in [0, 0.1) is 0 Å². The van der Waals surface area contributed by atoms with Crippen LogP contribution in [-0.4, -0.2) is 29.7 Å². The second kappa shape index (κ2) is 9.95. The monoisotopic (exact) mass is 427 g/mol. The summed E-state index contributed by atoms with van der Waals surface area (Å²) in [6.07, 6.45) is 1.63. The molecule has 0 radical (unpaired) electrons. The van der Waals surface area contributed by atoms with Crippen LogP contribution >= 0.6 is 23.4 Å². The van der Waals surface area contributed by atoms with E-state index in [1.165, 1.54) is 11.8 Å². The number of nitrogens with one attached hydrogen (secondary N) is 2. The van der Waals surface area contributed by atoms with Crippen molar-refractivity contribution < 1.29 is 14.3 Å². The van der Waals surface area contributed by atoms with Crippen molar-refractivity contribution in [2.75, 3.05) is 23.5 Å². The highest BCUT2D eigenvalue weighted by Gasteiger charge is 2.09. The summed E-state index contributed by atoms with van der Waals surface area (Å²) < 4.78 is 5.09. The number of carbonyl (C=O) groups excluding carboxylic acids is 2. The zero-order valence-electron chi connectivity index (χ0n) is 15.5. The summed E-state index contributed by atoms with van der Waals surface area (Å²) in [5.41, 5.74) is 1.75. The Bertz CT molecular complexity index is 995. The Morgan fingerprint density at radius 2 is 1.66 bits per heavy atom. The quantitative estimate of drug-likeness (QED) is 0.533. The van der Waals surface area contributed by atoms with Crippen molar-refractivity contribution in [1.82, 2.24) is 4.98 Å². The summed E-state index contributed by atoms with van der Waals surface area (Å²) in [5.74, 6) is 0.461. The Morgan fingerprint density at radius 3 is 2.31 bits per heavy atom. The minimum Gasteiger partial charge on any atom is -0.497 e. The van der Waals surface area contributed by atoms with E-state index in [9.17, 15) is 9.59 Å². The summed E-state index contributed by atoms with van der Waals surface area (Å²) in [5, 5.41) is 6.71. The van der Waals surface area contributed by atoms with Crippen molar-refractivity contribution in [3.05, 3.63) is 77.4 Å². The standard InChI is InChI=1S/C21H18ClN3O3S/c1-28-17-10-8-16(9-11-17)25-20(27)14-4-6-15(7-5-14)24-19(26)13-29-21-18(22)3-2-12-23-21/h2-12H,13H2,1H3,(H,24,26)(H,25,27). The van der Waals surface area contributed by atoms with Gasteiger partial charge in [0.25, 0.3) is 5.91 Å². The molecule has 0 aliphatic rings. The zero-order chi connectivity index (χ0) is 20.6. The van der Waals surface area contributed by atoms with Crippen LogP contribution in [0.5, 0.6) is 5.75 Å². The van der Waals surface area contributed by atoms with Gasteiger partial charge in [-0.1, -0.05) is 23.4 Å². The second-order valence-corrected chi connectivity index (χ2v) is 7.26. The van der Waals surface area contributed by atoms with Gasteiger partial charge in [-0.15, -0.1) is 0 Å². The molecule has 0 aliphatic carbocycles. The first-order chi connectivity index (χ1) is 14.0. The highest BCUT2D eigenvalue weighted by molar-refractivity contribution is 8.00. The summed E-state index contributed by atoms with van der Waals surface area (Å²) in [7, 11) is 1.58. The van der Waals surface area contributed by atoms with Gasteiger partial charge in [0.15, 0.2) is 0 Å². The maximum atomic E-state index is 12.3. The maximum absolute atomic E-state index is 12.3. The Kier molecular flexibility index (Phi) is 7.10. The average molecular weight is 428 g/mol. The first kappa shape index (κ1) is 20.7. The van der Waals surface area contributed by atoms with E-state index < -0.39 is 0 Å². The largest absolute Gasteiger partial charge is 0.497 e. The van der Waals surface area contributed by atoms with E-state index in [0.717, 1.165) is 0 Å². The fraction of sp³-hybridized carbons (Fsp3) is 0.0952. The predicted octanol–water partition coefficient (Wildman–Crippen LogP) is 4.73. The molecule has 2 amide bonds. The Hall–Kier alpha value is -3.03. The summed E-state index contributed by atoms with van der Waals surface area (Å²) in [6.45, 7) is 0. The molecule has 1 aromatic heterocycles. The van der Waals surface area contributed by atoms with Crippen molar-refractivity contribution in [3.63, 3.8) is 0 Å². The van der Waals surface area contributed by atoms with Gasteiger partial charge in [-0.25, -0.2) is 4.98 Å². The van der Waals surface area contributed by atoms with E-state index in [-0.39, 0.29) is 17.6 Å². The molecule has 29 heavy (non-hydrogen) atoms. The Morgan fingerprint density at radius 1 is 1.00 bits per heavy atom. The van der Waals surface area contributed by atoms with Crippen LogP contribution in [0.15, 0.2) is 71.9 Å². The Labute approximate surface area is 177 Å². The molecule has 8 heteroatoms. The minimum atomic E-state index is -0.242. The number of hydrogen-bond donors (Lipinski definition) is 2. The van der Waals surface area contributed by atoms with E-state index in [4.69, 9.17) is 16.3 Å². The number of nitrogens with zero attached hydrogens (tertiary/aromatic N) is 1. The third kappa shape index (κ3) is 5.97. The number of benzene rings is 2. The molecule has 2 N–H and O–H groups in total. The second-order valence-electron chi connectivity index (χ2n) is 5.89. The molecule has 0 saturated carbocycles. The zero-order valence-corrected chi connectivity index (χ0v) is 17.1. The molecule has 0 atom stereocenters. The molecular formula is C21H18ClN3O3S. The lowest BCUT2D eigenvalue weighted by molar-refractivity contribution is -0.113. The topological polar surface area (TPSA) is 80.3 Å². The molecule has 0 fully saturated rings. The summed E-state index contributed by atoms with van der Waals surface area (Å²) in [4.78, 5) is 28.6. The number of pyridine rings is 1. The number of thioether (sulfide) groups is 1. The van der Waals surface area contributed by atoms with Crippen LogP contribution in [0.1, 0.15) is 10.4 Å². The smallest absolute Gasteiger partial charge is 0.255 e. The van der Waals surface area contributed by atoms with Crippen molar-refractivity contribution in [3.8, 4) is 5.75 Å². The van der Waals surface area contributed by atoms with Crippen molar-refractivity contribution in [1.29, 1.82) is 0 Å². The third-order valence-corrected chi connectivity index (χ3v) is 5.27. The molecule has 2 aromatic carbocycles. The third-order valence-electron chi connectivity index (χ3n) is 3.84. The van der Waals surface area contributed by atoms with Gasteiger partial charge < -0.3 is 15.4 Å². The van der Waals surface area contributed by atoms with Crippen LogP contribution < -0.4 is 15.4 Å². The number of methoxy groups -OCH3 is 1. The van der Waals surface area contributed by atoms with Crippen LogP contribution in [0.4, 0.5) is 11.4 Å². The van der Waals surface area contributed by atoms with Gasteiger partial charge in [0.2, 0.25) is 5.91 Å². The molecule has 0 unspecified atom stereocenters. The lowest BCUT2D eigenvalue weighted by atomic mass is 10.2. The van der Waals surface area contributed by atoms with Gasteiger partial charge in [0.1, 0.15) is 10.8 Å². The SMILES string of the molecule is COc1ccc(NC(=O)c2ccc(NC(=O)CSc3ncccc3Cl)cc2)cc1. The highest BCUT2D eigenvalue weighted by atomic mass is 35.5. The first-order valence-corrected chi connectivity index (χ1v) is 10.00. The molecule has 3 aromatic rings. The van der Waals surface area contributed by atoms with Gasteiger partial charge >= 0.3 is 0 Å². The van der Waals surface area contributed by atoms with Gasteiger partial charge in [-0.05, 0) is 60.7 Å². The number of rotatable bonds is 7. The normalized spacial score (nSPS) is 10.3. The minimum absolute atomic E-state index is 0.177. The number of hydrogen-bond acceptors (Lipinski definition) is 5. The number of halogens is 1. The average Bonchev–Trinajstić information content (AvgIpc) is 2.74. The van der Waals surface area contributed by atoms with Crippen molar-refractivity contribution >= 4 is 46.6 Å². The van der Waals surface area contributed by atoms with Gasteiger partial charge in [-0.3, -0.25) is 9.59 Å². The van der Waals surface area contributed by atoms with E-state index in [1.807, 2.05) is 0 Å². The van der Waals surface area contributed by atoms with E-state index >= 15 is 0 Å². The summed E-state index contributed by atoms with van der Waals surface area (Å²) in [6, 6.07) is 17.2. The Balaban J connectivity index is 1.53. The van der Waals surface area contributed by atoms with Crippen molar-refractivity contribution in [2.45, 2.75) is 5.03 Å². The molecule has 0 saturated heterocycles. The fourth-order valence-corrected chi connectivity index (χ4v) is 3.36. The molecule has 6 nitrogen and oxygen atoms in total. The molecule has 0 bridgehead atoms. The van der Waals surface area contributed by atoms with Gasteiger partial charge in [0, 0.05) is 23.1 Å². The first-order valence-electron chi connectivity index (χ1n) is 8.64. The molecule has 0 aliphatic heterocycles. The van der Waals surface area contributed by atoms with Crippen molar-refractivity contribution in [2.24, 2.45) is 0 Å². The van der Waals surface area contributed by atoms with E-state index in [2.05, 4.69) is 15.6 Å². The maximum Gasteiger partial charge on any atom is 0.255 e. The number of anilines is 2. The lowest BCUT2D eigenvalue weighted by Gasteiger charge is -2.08. The number of ether oxygens (including phenoxy) is 1. The number of amides is 2. The molecule has 148 valence electrons. The van der Waals surface area contributed by atoms with Crippen LogP contribution in [-0.2, 0) is 4.79 Å². The fourth-order valence-electron chi connectivity index (χ4n) is 2.39. The number of carbonyl (C=O) groups is 2. The molecule has 3 rings (SSSR count). The van der Waals surface area contributed by atoms with Crippen LogP contribution in [0.25, 0.3) is 0 Å². The molecule has 1 heterocycles. The van der Waals surface area contributed by atoms with Crippen LogP contribution in [0.3, 0.4) is 0 Å². The lowest BCUT2D eigenvalue weighted by Crippen LogP contribution is -2.15. The van der Waals surface area contributed by atoms with E-state index in [1.54, 1.807) is 74.0 Å². The van der Waals surface area contributed by atoms with Gasteiger partial charge in [-0.2, -0.15) is 0 Å². The molecule has 0 spiro atoms. The predicted molar refractivity (Wildman–Crippen MR) is 116 cm³/mol. The van der Waals surface area contributed by atoms with Crippen LogP contribution in [0.2, 0.25) is 5.02 Å². The van der Waals surface area contributed by atoms with Gasteiger partial charge in [0.05, 0.1) is 17.9 Å². The number of aromatic nitrogens is 1. The summed E-state index contributed by atoms with van der Waals surface area (Å²) >= 11 is 7.29.